The summed E-state index contributed by atoms with van der Waals surface area (Å²) in [6, 6.07) is 8.54. The van der Waals surface area contributed by atoms with E-state index < -0.39 is 0 Å². The van der Waals surface area contributed by atoms with Gasteiger partial charge >= 0.3 is 0 Å². The average Bonchev–Trinajstić information content (AvgIpc) is 2.49. The first-order chi connectivity index (χ1) is 7.86. The molecule has 1 aliphatic carbocycles. The number of nitrogens with zero attached hydrogens (tertiary/aromatic N) is 1. The molecule has 2 aliphatic rings. The molecule has 0 radical (unpaired) electrons. The molecule has 0 atom stereocenters. The lowest BCUT2D eigenvalue weighted by Crippen LogP contribution is -2.18. The number of benzene rings is 1. The van der Waals surface area contributed by atoms with Gasteiger partial charge in [0.15, 0.2) is 0 Å². The molecule has 0 unspecified atom stereocenters. The zero-order valence-corrected chi connectivity index (χ0v) is 9.48. The second-order valence-corrected chi connectivity index (χ2v) is 4.28. The second-order valence-electron chi connectivity index (χ2n) is 4.28. The van der Waals surface area contributed by atoms with Crippen molar-refractivity contribution in [2.24, 2.45) is 0 Å². The Kier molecular flexibility index (Phi) is 2.17. The van der Waals surface area contributed by atoms with Gasteiger partial charge in [-0.25, -0.2) is 0 Å². The molecular weight excluding hydrogens is 194 g/mol. The quantitative estimate of drug-likeness (QED) is 0.629. The molecule has 0 aromatic heterocycles. The van der Waals surface area contributed by atoms with Crippen LogP contribution in [0.3, 0.4) is 0 Å². The highest BCUT2D eigenvalue weighted by Crippen LogP contribution is 2.33. The summed E-state index contributed by atoms with van der Waals surface area (Å²) in [6.07, 6.45) is 11.4. The van der Waals surface area contributed by atoms with Crippen molar-refractivity contribution in [3.63, 3.8) is 0 Å². The van der Waals surface area contributed by atoms with Crippen LogP contribution in [0.2, 0.25) is 0 Å². The lowest BCUT2D eigenvalue weighted by molar-refractivity contribution is 0.968. The smallest absolute Gasteiger partial charge is 0.0481 e. The molecule has 1 heterocycles. The number of para-hydroxylation sites is 1. The van der Waals surface area contributed by atoms with E-state index in [1.54, 1.807) is 0 Å². The minimum atomic E-state index is 1.15. The van der Waals surface area contributed by atoms with E-state index in [1.807, 2.05) is 0 Å². The molecule has 1 aromatic carbocycles. The van der Waals surface area contributed by atoms with Crippen molar-refractivity contribution in [2.75, 3.05) is 11.9 Å². The Morgan fingerprint density at radius 1 is 1.00 bits per heavy atom. The van der Waals surface area contributed by atoms with E-state index in [4.69, 9.17) is 0 Å². The second kappa shape index (κ2) is 3.67. The van der Waals surface area contributed by atoms with Gasteiger partial charge in [-0.15, -0.1) is 0 Å². The first kappa shape index (κ1) is 9.46. The van der Waals surface area contributed by atoms with Gasteiger partial charge in [-0.3, -0.25) is 0 Å². The number of anilines is 1. The maximum atomic E-state index is 2.34. The molecule has 0 N–H and O–H groups in total. The summed E-state index contributed by atoms with van der Waals surface area (Å²) in [5.41, 5.74) is 5.27. The maximum Gasteiger partial charge on any atom is 0.0481 e. The zero-order chi connectivity index (χ0) is 11.0. The lowest BCUT2D eigenvalue weighted by Gasteiger charge is -2.25. The highest BCUT2D eigenvalue weighted by atomic mass is 15.1. The van der Waals surface area contributed by atoms with Crippen LogP contribution in [-0.4, -0.2) is 7.05 Å². The van der Waals surface area contributed by atoms with E-state index in [1.165, 1.54) is 22.5 Å². The van der Waals surface area contributed by atoms with Gasteiger partial charge in [-0.05, 0) is 30.0 Å². The Bertz CT molecular complexity index is 506. The number of fused-ring (bicyclic) bond motifs is 2. The third-order valence-corrected chi connectivity index (χ3v) is 3.27. The maximum absolute atomic E-state index is 2.34. The van der Waals surface area contributed by atoms with Crippen LogP contribution in [0.15, 0.2) is 53.8 Å². The summed E-state index contributed by atoms with van der Waals surface area (Å²) >= 11 is 0. The van der Waals surface area contributed by atoms with Crippen LogP contribution < -0.4 is 4.90 Å². The van der Waals surface area contributed by atoms with Crippen molar-refractivity contribution >= 4 is 11.8 Å². The fourth-order valence-corrected chi connectivity index (χ4v) is 2.41. The highest BCUT2D eigenvalue weighted by Gasteiger charge is 2.17. The Morgan fingerprint density at radius 2 is 1.81 bits per heavy atom. The first-order valence-corrected chi connectivity index (χ1v) is 5.78. The molecule has 0 fully saturated rings. The van der Waals surface area contributed by atoms with E-state index in [0.29, 0.717) is 0 Å². The van der Waals surface area contributed by atoms with Crippen LogP contribution in [0.1, 0.15) is 18.4 Å². The van der Waals surface area contributed by atoms with Crippen LogP contribution in [0.25, 0.3) is 6.08 Å². The van der Waals surface area contributed by atoms with Gasteiger partial charge < -0.3 is 4.90 Å². The minimum Gasteiger partial charge on any atom is -0.344 e. The van der Waals surface area contributed by atoms with Gasteiger partial charge in [0, 0.05) is 18.4 Å². The summed E-state index contributed by atoms with van der Waals surface area (Å²) in [5, 5.41) is 0. The van der Waals surface area contributed by atoms with Gasteiger partial charge in [-0.1, -0.05) is 42.5 Å². The molecule has 16 heavy (non-hydrogen) atoms. The number of allylic oxidation sites excluding steroid dienone is 3. The Hall–Kier alpha value is -1.76. The standard InChI is InChI=1S/C15H15N/c1-16-14-8-4-2-6-12(14)10-11-13-7-3-5-9-15(13)16/h2,4,6-11H,3,5H2,1H3. The van der Waals surface area contributed by atoms with E-state index in [-0.39, 0.29) is 0 Å². The zero-order valence-electron chi connectivity index (χ0n) is 9.48. The van der Waals surface area contributed by atoms with Crippen molar-refractivity contribution in [3.8, 4) is 0 Å². The molecule has 1 aliphatic heterocycles. The molecule has 0 saturated heterocycles. The van der Waals surface area contributed by atoms with Crippen LogP contribution in [0.5, 0.6) is 0 Å². The van der Waals surface area contributed by atoms with E-state index in [0.717, 1.165) is 12.8 Å². The van der Waals surface area contributed by atoms with E-state index in [2.05, 4.69) is 60.5 Å². The fraction of sp³-hybridized carbons (Fsp3) is 0.200. The number of hydrogen-bond donors (Lipinski definition) is 0. The summed E-state index contributed by atoms with van der Waals surface area (Å²) in [6.45, 7) is 0. The molecule has 1 nitrogen and oxygen atoms in total. The Labute approximate surface area is 96.4 Å². The third-order valence-electron chi connectivity index (χ3n) is 3.27. The Balaban J connectivity index is 2.18. The third kappa shape index (κ3) is 1.40. The predicted molar refractivity (Wildman–Crippen MR) is 69.3 cm³/mol. The summed E-state index contributed by atoms with van der Waals surface area (Å²) in [7, 11) is 2.15. The molecule has 0 saturated carbocycles. The molecule has 0 amide bonds. The average molecular weight is 209 g/mol. The van der Waals surface area contributed by atoms with Crippen molar-refractivity contribution < 1.29 is 0 Å². The van der Waals surface area contributed by atoms with E-state index >= 15 is 0 Å². The molecule has 0 bridgehead atoms. The molecular formula is C15H15N. The van der Waals surface area contributed by atoms with Gasteiger partial charge in [0.2, 0.25) is 0 Å². The SMILES string of the molecule is CN1C2=CCCC=C2C=Cc2ccccc21. The van der Waals surface area contributed by atoms with Crippen molar-refractivity contribution in [1.29, 1.82) is 0 Å². The van der Waals surface area contributed by atoms with Crippen molar-refractivity contribution in [1.82, 2.24) is 0 Å². The predicted octanol–water partition coefficient (Wildman–Crippen LogP) is 3.75. The highest BCUT2D eigenvalue weighted by molar-refractivity contribution is 5.76. The van der Waals surface area contributed by atoms with Crippen molar-refractivity contribution in [3.05, 3.63) is 59.3 Å². The molecule has 1 aromatic rings. The van der Waals surface area contributed by atoms with Gasteiger partial charge in [0.25, 0.3) is 0 Å². The van der Waals surface area contributed by atoms with Gasteiger partial charge in [0.05, 0.1) is 0 Å². The number of likely N-dealkylation sites (N-methyl/N-ethyl adjacent to an activating group) is 1. The minimum absolute atomic E-state index is 1.15. The molecule has 3 rings (SSSR count). The molecule has 80 valence electrons. The van der Waals surface area contributed by atoms with Crippen molar-refractivity contribution in [2.45, 2.75) is 12.8 Å². The largest absolute Gasteiger partial charge is 0.344 e. The van der Waals surface area contributed by atoms with Gasteiger partial charge in [0.1, 0.15) is 0 Å². The van der Waals surface area contributed by atoms with Crippen LogP contribution >= 0.6 is 0 Å². The van der Waals surface area contributed by atoms with Crippen LogP contribution in [-0.2, 0) is 0 Å². The summed E-state index contributed by atoms with van der Waals surface area (Å²) in [5.74, 6) is 0. The van der Waals surface area contributed by atoms with E-state index in [9.17, 15) is 0 Å². The number of hydrogen-bond acceptors (Lipinski definition) is 1. The number of rotatable bonds is 0. The summed E-state index contributed by atoms with van der Waals surface area (Å²) in [4.78, 5) is 2.29. The van der Waals surface area contributed by atoms with Crippen LogP contribution in [0, 0.1) is 0 Å². The molecule has 1 heteroatoms. The lowest BCUT2D eigenvalue weighted by atomic mass is 10.0. The first-order valence-electron chi connectivity index (χ1n) is 5.78. The summed E-state index contributed by atoms with van der Waals surface area (Å²) < 4.78 is 0. The fourth-order valence-electron chi connectivity index (χ4n) is 2.41. The molecule has 0 spiro atoms. The monoisotopic (exact) mass is 209 g/mol. The van der Waals surface area contributed by atoms with Crippen LogP contribution in [0.4, 0.5) is 5.69 Å². The Morgan fingerprint density at radius 3 is 2.75 bits per heavy atom. The topological polar surface area (TPSA) is 3.24 Å². The van der Waals surface area contributed by atoms with Gasteiger partial charge in [-0.2, -0.15) is 0 Å². The normalized spacial score (nSPS) is 18.2.